The monoisotopic (exact) mass is 434 g/mol. The summed E-state index contributed by atoms with van der Waals surface area (Å²) in [6, 6.07) is 19.7. The number of rotatable bonds is 4. The lowest BCUT2D eigenvalue weighted by Crippen LogP contribution is -2.21. The summed E-state index contributed by atoms with van der Waals surface area (Å²) in [7, 11) is 0. The molecular formula is C23H19BrN2O2. The van der Waals surface area contributed by atoms with Gasteiger partial charge in [-0.25, -0.2) is 0 Å². The molecule has 0 unspecified atom stereocenters. The minimum Gasteiger partial charge on any atom is -0.494 e. The summed E-state index contributed by atoms with van der Waals surface area (Å²) in [6.45, 7) is 4.39. The SMILES string of the molecule is CCOc1ccc(Br)c(C=C2C(=O)N(c3ccc4ccccc4c3)N=C2C)c1. The number of halogens is 1. The third kappa shape index (κ3) is 3.45. The van der Waals surface area contributed by atoms with Crippen LogP contribution in [-0.2, 0) is 4.79 Å². The second-order valence-corrected chi connectivity index (χ2v) is 7.36. The fourth-order valence-electron chi connectivity index (χ4n) is 3.21. The summed E-state index contributed by atoms with van der Waals surface area (Å²) < 4.78 is 6.47. The quantitative estimate of drug-likeness (QED) is 0.486. The van der Waals surface area contributed by atoms with Crippen molar-refractivity contribution >= 4 is 50.1 Å². The first-order chi connectivity index (χ1) is 13.6. The second-order valence-electron chi connectivity index (χ2n) is 6.51. The first-order valence-electron chi connectivity index (χ1n) is 9.09. The first kappa shape index (κ1) is 18.4. The van der Waals surface area contributed by atoms with Crippen LogP contribution in [0.5, 0.6) is 5.75 Å². The van der Waals surface area contributed by atoms with E-state index in [-0.39, 0.29) is 5.91 Å². The first-order valence-corrected chi connectivity index (χ1v) is 9.89. The number of amides is 1. The van der Waals surface area contributed by atoms with Gasteiger partial charge in [0.1, 0.15) is 5.75 Å². The van der Waals surface area contributed by atoms with Crippen LogP contribution in [0.15, 0.2) is 75.8 Å². The van der Waals surface area contributed by atoms with E-state index < -0.39 is 0 Å². The number of benzene rings is 3. The van der Waals surface area contributed by atoms with Crippen molar-refractivity contribution < 1.29 is 9.53 Å². The fourth-order valence-corrected chi connectivity index (χ4v) is 3.57. The van der Waals surface area contributed by atoms with Gasteiger partial charge in [0.05, 0.1) is 23.6 Å². The van der Waals surface area contributed by atoms with Crippen LogP contribution < -0.4 is 9.75 Å². The Morgan fingerprint density at radius 1 is 1.07 bits per heavy atom. The van der Waals surface area contributed by atoms with Gasteiger partial charge in [0.15, 0.2) is 0 Å². The molecule has 0 aliphatic carbocycles. The van der Waals surface area contributed by atoms with Crippen molar-refractivity contribution in [2.75, 3.05) is 11.6 Å². The molecule has 0 N–H and O–H groups in total. The average Bonchev–Trinajstić information content (AvgIpc) is 2.98. The standard InChI is InChI=1S/C23H19BrN2O2/c1-3-28-20-10-11-22(24)18(13-20)14-21-15(2)25-26(23(21)27)19-9-8-16-6-4-5-7-17(16)12-19/h4-14H,3H2,1-2H3. The van der Waals surface area contributed by atoms with E-state index in [0.717, 1.165) is 32.2 Å². The molecule has 0 fully saturated rings. The number of ether oxygens (including phenoxy) is 1. The number of anilines is 1. The Bertz CT molecular complexity index is 1130. The van der Waals surface area contributed by atoms with Gasteiger partial charge in [0.2, 0.25) is 0 Å². The van der Waals surface area contributed by atoms with E-state index in [9.17, 15) is 4.79 Å². The third-order valence-electron chi connectivity index (χ3n) is 4.62. The average molecular weight is 435 g/mol. The highest BCUT2D eigenvalue weighted by atomic mass is 79.9. The second kappa shape index (κ2) is 7.60. The van der Waals surface area contributed by atoms with Gasteiger partial charge in [-0.1, -0.05) is 46.3 Å². The fraction of sp³-hybridized carbons (Fsp3) is 0.130. The molecule has 1 heterocycles. The molecule has 1 amide bonds. The molecule has 3 aromatic rings. The maximum absolute atomic E-state index is 13.1. The Hall–Kier alpha value is -2.92. The van der Waals surface area contributed by atoms with Crippen LogP contribution >= 0.6 is 15.9 Å². The van der Waals surface area contributed by atoms with Gasteiger partial charge in [-0.2, -0.15) is 10.1 Å². The number of carbonyl (C=O) groups is 1. The Kier molecular flexibility index (Phi) is 5.01. The number of nitrogens with zero attached hydrogens (tertiary/aromatic N) is 2. The minimum absolute atomic E-state index is 0.138. The topological polar surface area (TPSA) is 41.9 Å². The molecular weight excluding hydrogens is 416 g/mol. The van der Waals surface area contributed by atoms with E-state index in [1.807, 2.05) is 80.6 Å². The van der Waals surface area contributed by atoms with Crippen LogP contribution in [0.2, 0.25) is 0 Å². The molecule has 4 nitrogen and oxygen atoms in total. The molecule has 0 saturated heterocycles. The van der Waals surface area contributed by atoms with Gasteiger partial charge in [-0.3, -0.25) is 4.79 Å². The third-order valence-corrected chi connectivity index (χ3v) is 5.34. The van der Waals surface area contributed by atoms with Gasteiger partial charge >= 0.3 is 0 Å². The summed E-state index contributed by atoms with van der Waals surface area (Å²) in [5, 5.41) is 8.17. The van der Waals surface area contributed by atoms with Gasteiger partial charge in [-0.15, -0.1) is 0 Å². The molecule has 0 saturated carbocycles. The zero-order valence-corrected chi connectivity index (χ0v) is 17.2. The number of hydrogen-bond acceptors (Lipinski definition) is 3. The molecule has 0 radical (unpaired) electrons. The molecule has 1 aliphatic heterocycles. The summed E-state index contributed by atoms with van der Waals surface area (Å²) in [6.07, 6.45) is 1.86. The lowest BCUT2D eigenvalue weighted by molar-refractivity contribution is -0.114. The van der Waals surface area contributed by atoms with Gasteiger partial charge < -0.3 is 4.74 Å². The number of hydrazone groups is 1. The van der Waals surface area contributed by atoms with Gasteiger partial charge in [0, 0.05) is 4.47 Å². The van der Waals surface area contributed by atoms with Crippen LogP contribution in [0, 0.1) is 0 Å². The lowest BCUT2D eigenvalue weighted by Gasteiger charge is -2.13. The summed E-state index contributed by atoms with van der Waals surface area (Å²) in [4.78, 5) is 13.1. The molecule has 4 rings (SSSR count). The Morgan fingerprint density at radius 2 is 1.86 bits per heavy atom. The zero-order valence-electron chi connectivity index (χ0n) is 15.6. The van der Waals surface area contributed by atoms with Crippen molar-refractivity contribution in [2.24, 2.45) is 5.10 Å². The lowest BCUT2D eigenvalue weighted by atomic mass is 10.1. The van der Waals surface area contributed by atoms with E-state index in [4.69, 9.17) is 4.74 Å². The van der Waals surface area contributed by atoms with Crippen molar-refractivity contribution in [2.45, 2.75) is 13.8 Å². The number of fused-ring (bicyclic) bond motifs is 1. The van der Waals surface area contributed by atoms with E-state index in [2.05, 4.69) is 21.0 Å². The highest BCUT2D eigenvalue weighted by Crippen LogP contribution is 2.30. The highest BCUT2D eigenvalue weighted by molar-refractivity contribution is 9.10. The van der Waals surface area contributed by atoms with Crippen molar-refractivity contribution in [3.63, 3.8) is 0 Å². The molecule has 0 atom stereocenters. The number of carbonyl (C=O) groups excluding carboxylic acids is 1. The molecule has 5 heteroatoms. The van der Waals surface area contributed by atoms with Crippen LogP contribution in [0.3, 0.4) is 0 Å². The Balaban J connectivity index is 1.70. The van der Waals surface area contributed by atoms with E-state index >= 15 is 0 Å². The predicted molar refractivity (Wildman–Crippen MR) is 118 cm³/mol. The van der Waals surface area contributed by atoms with E-state index in [1.165, 1.54) is 5.01 Å². The minimum atomic E-state index is -0.138. The number of hydrogen-bond donors (Lipinski definition) is 0. The van der Waals surface area contributed by atoms with Crippen LogP contribution in [0.1, 0.15) is 19.4 Å². The van der Waals surface area contributed by atoms with Crippen molar-refractivity contribution in [3.8, 4) is 5.75 Å². The van der Waals surface area contributed by atoms with Crippen molar-refractivity contribution in [3.05, 3.63) is 76.3 Å². The Morgan fingerprint density at radius 3 is 2.64 bits per heavy atom. The van der Waals surface area contributed by atoms with Crippen LogP contribution in [0.4, 0.5) is 5.69 Å². The Labute approximate surface area is 172 Å². The highest BCUT2D eigenvalue weighted by Gasteiger charge is 2.29. The van der Waals surface area contributed by atoms with E-state index in [0.29, 0.717) is 17.9 Å². The maximum Gasteiger partial charge on any atom is 0.280 e. The zero-order chi connectivity index (χ0) is 19.7. The summed E-state index contributed by atoms with van der Waals surface area (Å²) in [5.41, 5.74) is 2.90. The van der Waals surface area contributed by atoms with E-state index in [1.54, 1.807) is 0 Å². The summed E-state index contributed by atoms with van der Waals surface area (Å²) in [5.74, 6) is 0.630. The molecule has 28 heavy (non-hydrogen) atoms. The molecule has 0 bridgehead atoms. The van der Waals surface area contributed by atoms with Crippen molar-refractivity contribution in [1.29, 1.82) is 0 Å². The van der Waals surface area contributed by atoms with Crippen LogP contribution in [0.25, 0.3) is 16.8 Å². The molecule has 0 aromatic heterocycles. The van der Waals surface area contributed by atoms with Crippen molar-refractivity contribution in [1.82, 2.24) is 0 Å². The molecule has 140 valence electrons. The van der Waals surface area contributed by atoms with Gasteiger partial charge in [0.25, 0.3) is 5.91 Å². The van der Waals surface area contributed by atoms with Crippen LogP contribution in [-0.4, -0.2) is 18.2 Å². The maximum atomic E-state index is 13.1. The normalized spacial score (nSPS) is 15.4. The predicted octanol–water partition coefficient (Wildman–Crippen LogP) is 5.81. The molecule has 1 aliphatic rings. The molecule has 0 spiro atoms. The smallest absolute Gasteiger partial charge is 0.280 e. The summed E-state index contributed by atoms with van der Waals surface area (Å²) >= 11 is 3.55. The molecule has 3 aromatic carbocycles. The van der Waals surface area contributed by atoms with Gasteiger partial charge in [-0.05, 0) is 66.6 Å². The largest absolute Gasteiger partial charge is 0.494 e.